The van der Waals surface area contributed by atoms with Gasteiger partial charge in [0, 0.05) is 37.3 Å². The first kappa shape index (κ1) is 13.0. The molecule has 6 heteroatoms. The lowest BCUT2D eigenvalue weighted by atomic mass is 10.3. The van der Waals surface area contributed by atoms with Gasteiger partial charge in [0.25, 0.3) is 0 Å². The Kier molecular flexibility index (Phi) is 4.61. The summed E-state index contributed by atoms with van der Waals surface area (Å²) in [6, 6.07) is 0. The van der Waals surface area contributed by atoms with E-state index < -0.39 is 15.2 Å². The highest BCUT2D eigenvalue weighted by atomic mass is 32.2. The van der Waals surface area contributed by atoms with Gasteiger partial charge in [-0.15, -0.1) is 0 Å². The van der Waals surface area contributed by atoms with Crippen LogP contribution in [0.4, 0.5) is 0 Å². The van der Waals surface area contributed by atoms with Gasteiger partial charge in [-0.3, -0.25) is 9.69 Å². The lowest BCUT2D eigenvalue weighted by Crippen LogP contribution is -2.47. The zero-order chi connectivity index (χ0) is 11.5. The van der Waals surface area contributed by atoms with Gasteiger partial charge < -0.3 is 0 Å². The van der Waals surface area contributed by atoms with Crippen molar-refractivity contribution in [1.82, 2.24) is 4.90 Å². The monoisotopic (exact) mass is 251 g/mol. The first-order valence-corrected chi connectivity index (χ1v) is 8.02. The molecule has 4 nitrogen and oxygen atoms in total. The van der Waals surface area contributed by atoms with Gasteiger partial charge in [0.1, 0.15) is 11.2 Å². The third-order valence-corrected chi connectivity index (χ3v) is 5.12. The normalized spacial score (nSPS) is 24.0. The summed E-state index contributed by atoms with van der Waals surface area (Å²) in [5.74, 6) is 1.68. The number of hydrogen-bond donors (Lipinski definition) is 0. The number of carbonyl (C=O) groups is 1. The summed E-state index contributed by atoms with van der Waals surface area (Å²) in [6.07, 6.45) is 1.71. The van der Waals surface area contributed by atoms with Gasteiger partial charge in [-0.05, 0) is 6.92 Å². The average Bonchev–Trinajstić information content (AvgIpc) is 2.13. The van der Waals surface area contributed by atoms with Gasteiger partial charge in [0.15, 0.2) is 9.84 Å². The summed E-state index contributed by atoms with van der Waals surface area (Å²) < 4.78 is 23.0. The Morgan fingerprint density at radius 1 is 1.53 bits per heavy atom. The van der Waals surface area contributed by atoms with Crippen LogP contribution in [-0.4, -0.2) is 55.3 Å². The van der Waals surface area contributed by atoms with E-state index in [1.165, 1.54) is 13.2 Å². The molecule has 0 spiro atoms. The molecule has 0 aromatic rings. The highest BCUT2D eigenvalue weighted by molar-refractivity contribution is 8.00. The van der Waals surface area contributed by atoms with Gasteiger partial charge in [-0.2, -0.15) is 11.8 Å². The molecule has 1 atom stereocenters. The summed E-state index contributed by atoms with van der Waals surface area (Å²) in [4.78, 5) is 12.8. The number of nitrogens with zero attached hydrogens (tertiary/aromatic N) is 1. The van der Waals surface area contributed by atoms with Gasteiger partial charge >= 0.3 is 0 Å². The molecule has 0 aromatic carbocycles. The zero-order valence-corrected chi connectivity index (χ0v) is 10.7. The van der Waals surface area contributed by atoms with Crippen LogP contribution in [-0.2, 0) is 14.6 Å². The van der Waals surface area contributed by atoms with E-state index in [9.17, 15) is 13.2 Å². The van der Waals surface area contributed by atoms with Crippen molar-refractivity contribution in [2.75, 3.05) is 30.9 Å². The minimum atomic E-state index is -3.03. The third kappa shape index (κ3) is 4.12. The summed E-state index contributed by atoms with van der Waals surface area (Å²) >= 11 is 1.66. The van der Waals surface area contributed by atoms with Crippen LogP contribution in [0.5, 0.6) is 0 Å². The summed E-state index contributed by atoms with van der Waals surface area (Å²) in [7, 11) is -3.03. The quantitative estimate of drug-likeness (QED) is 0.723. The second-order valence-corrected chi connectivity index (χ2v) is 7.20. The number of rotatable bonds is 4. The maximum atomic E-state index is 11.5. The number of hydrogen-bond acceptors (Lipinski definition) is 5. The Morgan fingerprint density at radius 3 is 2.73 bits per heavy atom. The highest BCUT2D eigenvalue weighted by Crippen LogP contribution is 2.20. The van der Waals surface area contributed by atoms with Crippen LogP contribution in [0.1, 0.15) is 13.3 Å². The van der Waals surface area contributed by atoms with Crippen LogP contribution in [0.2, 0.25) is 0 Å². The fourth-order valence-electron chi connectivity index (χ4n) is 1.57. The predicted molar refractivity (Wildman–Crippen MR) is 62.8 cm³/mol. The van der Waals surface area contributed by atoms with Crippen molar-refractivity contribution in [2.24, 2.45) is 0 Å². The number of thioether (sulfide) groups is 1. The topological polar surface area (TPSA) is 54.5 Å². The Balaban J connectivity index is 2.62. The minimum absolute atomic E-state index is 0.112. The van der Waals surface area contributed by atoms with Crippen LogP contribution < -0.4 is 0 Å². The largest absolute Gasteiger partial charge is 0.300 e. The van der Waals surface area contributed by atoms with E-state index in [1.807, 2.05) is 4.90 Å². The second kappa shape index (κ2) is 5.32. The zero-order valence-electron chi connectivity index (χ0n) is 9.10. The molecule has 1 heterocycles. The molecule has 0 amide bonds. The van der Waals surface area contributed by atoms with Gasteiger partial charge in [-0.25, -0.2) is 8.42 Å². The molecule has 1 aliphatic rings. The molecule has 1 saturated heterocycles. The number of sulfone groups is 1. The van der Waals surface area contributed by atoms with Gasteiger partial charge in [0.05, 0.1) is 0 Å². The molecule has 1 fully saturated rings. The van der Waals surface area contributed by atoms with Crippen LogP contribution in [0.15, 0.2) is 0 Å². The maximum Gasteiger partial charge on any atom is 0.164 e. The lowest BCUT2D eigenvalue weighted by Gasteiger charge is -2.33. The minimum Gasteiger partial charge on any atom is -0.300 e. The number of Topliss-reactive ketones (excluding diaryl/α,β-unsaturated/α-hetero) is 1. The summed E-state index contributed by atoms with van der Waals surface area (Å²) in [5, 5.41) is -0.407. The summed E-state index contributed by atoms with van der Waals surface area (Å²) in [5.41, 5.74) is 0. The van der Waals surface area contributed by atoms with Crippen molar-refractivity contribution in [2.45, 2.75) is 18.7 Å². The van der Waals surface area contributed by atoms with Crippen molar-refractivity contribution in [1.29, 1.82) is 0 Å². The first-order valence-electron chi connectivity index (χ1n) is 4.91. The molecule has 0 aromatic heterocycles. The number of carbonyl (C=O) groups excluding carboxylic acids is 1. The highest BCUT2D eigenvalue weighted by Gasteiger charge is 2.30. The molecular weight excluding hydrogens is 234 g/mol. The Bertz CT molecular complexity index is 326. The molecule has 1 rings (SSSR count). The van der Waals surface area contributed by atoms with Crippen molar-refractivity contribution in [3.05, 3.63) is 0 Å². The average molecular weight is 251 g/mol. The molecule has 88 valence electrons. The molecule has 1 unspecified atom stereocenters. The van der Waals surface area contributed by atoms with Crippen LogP contribution >= 0.6 is 11.8 Å². The molecule has 0 aliphatic carbocycles. The Morgan fingerprint density at radius 2 is 2.20 bits per heavy atom. The van der Waals surface area contributed by atoms with E-state index in [1.54, 1.807) is 11.8 Å². The number of ketones is 1. The third-order valence-electron chi connectivity index (χ3n) is 2.44. The van der Waals surface area contributed by atoms with E-state index in [0.29, 0.717) is 18.7 Å². The molecule has 0 saturated carbocycles. The Hall–Kier alpha value is -0.0700. The van der Waals surface area contributed by atoms with Crippen LogP contribution in [0.25, 0.3) is 0 Å². The standard InChI is InChI=1S/C9H17NO3S2/c1-8(11)3-4-10-5-6-14-7-9(10)15(2,12)13/h9H,3-7H2,1-2H3. The van der Waals surface area contributed by atoms with E-state index >= 15 is 0 Å². The fraction of sp³-hybridized carbons (Fsp3) is 0.889. The Labute approximate surface area is 95.3 Å². The predicted octanol–water partition coefficient (Wildman–Crippen LogP) is 0.385. The molecule has 0 radical (unpaired) electrons. The molecule has 0 bridgehead atoms. The molecule has 15 heavy (non-hydrogen) atoms. The van der Waals surface area contributed by atoms with Gasteiger partial charge in [0.2, 0.25) is 0 Å². The van der Waals surface area contributed by atoms with Crippen molar-refractivity contribution < 1.29 is 13.2 Å². The van der Waals surface area contributed by atoms with Crippen LogP contribution in [0.3, 0.4) is 0 Å². The molecule has 0 N–H and O–H groups in total. The van der Waals surface area contributed by atoms with Crippen molar-refractivity contribution >= 4 is 27.4 Å². The fourth-order valence-corrected chi connectivity index (χ4v) is 4.54. The van der Waals surface area contributed by atoms with Crippen molar-refractivity contribution in [3.8, 4) is 0 Å². The van der Waals surface area contributed by atoms with E-state index in [2.05, 4.69) is 0 Å². The lowest BCUT2D eigenvalue weighted by molar-refractivity contribution is -0.117. The van der Waals surface area contributed by atoms with E-state index in [-0.39, 0.29) is 5.78 Å². The summed E-state index contributed by atoms with van der Waals surface area (Å²) in [6.45, 7) is 2.86. The second-order valence-electron chi connectivity index (χ2n) is 3.85. The van der Waals surface area contributed by atoms with E-state index in [4.69, 9.17) is 0 Å². The molecular formula is C9H17NO3S2. The van der Waals surface area contributed by atoms with E-state index in [0.717, 1.165) is 12.3 Å². The molecule has 1 aliphatic heterocycles. The SMILES string of the molecule is CC(=O)CCN1CCSCC1S(C)(=O)=O. The smallest absolute Gasteiger partial charge is 0.164 e. The first-order chi connectivity index (χ1) is 6.91. The maximum absolute atomic E-state index is 11.5. The van der Waals surface area contributed by atoms with Gasteiger partial charge in [-0.1, -0.05) is 0 Å². The van der Waals surface area contributed by atoms with Crippen LogP contribution in [0, 0.1) is 0 Å². The van der Waals surface area contributed by atoms with Crippen molar-refractivity contribution in [3.63, 3.8) is 0 Å².